The number of piperidine rings is 1. The predicted octanol–water partition coefficient (Wildman–Crippen LogP) is 1.12. The molecular weight excluding hydrogens is 190 g/mol. The first-order chi connectivity index (χ1) is 7.29. The van der Waals surface area contributed by atoms with Gasteiger partial charge in [-0.05, 0) is 26.3 Å². The van der Waals surface area contributed by atoms with Crippen LogP contribution in [0.15, 0.2) is 10.7 Å². The van der Waals surface area contributed by atoms with Crippen LogP contribution in [-0.2, 0) is 0 Å². The predicted molar refractivity (Wildman–Crippen MR) is 58.7 cm³/mol. The average molecular weight is 209 g/mol. The molecule has 1 aromatic heterocycles. The van der Waals surface area contributed by atoms with Crippen LogP contribution < -0.4 is 5.73 Å². The minimum absolute atomic E-state index is 0.457. The number of rotatable bonds is 3. The molecule has 0 spiro atoms. The van der Waals surface area contributed by atoms with E-state index in [4.69, 9.17) is 10.2 Å². The molecule has 1 atom stereocenters. The molecule has 4 nitrogen and oxygen atoms in total. The molecule has 1 fully saturated rings. The van der Waals surface area contributed by atoms with Crippen LogP contribution in [0.1, 0.15) is 30.3 Å². The summed E-state index contributed by atoms with van der Waals surface area (Å²) in [5.74, 6) is 1.35. The minimum Gasteiger partial charge on any atom is -0.448 e. The number of nitrogens with zero attached hydrogens (tertiary/aromatic N) is 2. The van der Waals surface area contributed by atoms with Gasteiger partial charge in [0.1, 0.15) is 6.26 Å². The Hall–Kier alpha value is -0.870. The van der Waals surface area contributed by atoms with E-state index in [1.807, 2.05) is 6.92 Å². The Morgan fingerprint density at radius 2 is 2.53 bits per heavy atom. The fourth-order valence-electron chi connectivity index (χ4n) is 2.20. The first-order valence-electron chi connectivity index (χ1n) is 5.64. The molecule has 1 unspecified atom stereocenters. The van der Waals surface area contributed by atoms with Crippen LogP contribution in [0.4, 0.5) is 0 Å². The summed E-state index contributed by atoms with van der Waals surface area (Å²) in [5, 5.41) is 0. The zero-order chi connectivity index (χ0) is 10.7. The molecule has 15 heavy (non-hydrogen) atoms. The normalized spacial score (nSPS) is 23.2. The third-order valence-electron chi connectivity index (χ3n) is 2.94. The number of likely N-dealkylation sites (tertiary alicyclic amines) is 1. The highest BCUT2D eigenvalue weighted by atomic mass is 16.3. The first-order valence-corrected chi connectivity index (χ1v) is 5.64. The number of nitrogens with two attached hydrogens (primary N) is 1. The smallest absolute Gasteiger partial charge is 0.198 e. The van der Waals surface area contributed by atoms with Crippen LogP contribution in [0.5, 0.6) is 0 Å². The van der Waals surface area contributed by atoms with Crippen molar-refractivity contribution in [3.63, 3.8) is 0 Å². The van der Waals surface area contributed by atoms with Gasteiger partial charge in [-0.15, -0.1) is 0 Å². The molecule has 0 bridgehead atoms. The van der Waals surface area contributed by atoms with Crippen molar-refractivity contribution in [3.8, 4) is 0 Å². The Kier molecular flexibility index (Phi) is 3.38. The Morgan fingerprint density at radius 1 is 1.67 bits per heavy atom. The van der Waals surface area contributed by atoms with Crippen LogP contribution >= 0.6 is 0 Å². The molecule has 1 aliphatic rings. The van der Waals surface area contributed by atoms with Crippen molar-refractivity contribution in [2.24, 2.45) is 5.73 Å². The van der Waals surface area contributed by atoms with Gasteiger partial charge in [0.25, 0.3) is 0 Å². The highest BCUT2D eigenvalue weighted by Crippen LogP contribution is 2.25. The Morgan fingerprint density at radius 3 is 3.20 bits per heavy atom. The lowest BCUT2D eigenvalue weighted by Gasteiger charge is -2.30. The van der Waals surface area contributed by atoms with Crippen molar-refractivity contribution < 1.29 is 4.42 Å². The quantitative estimate of drug-likeness (QED) is 0.810. The third-order valence-corrected chi connectivity index (χ3v) is 2.94. The maximum absolute atomic E-state index is 5.57. The molecule has 2 rings (SSSR count). The SMILES string of the molecule is Cc1coc(C2CCCN(CCN)C2)n1. The topological polar surface area (TPSA) is 55.3 Å². The fraction of sp³-hybridized carbons (Fsp3) is 0.727. The zero-order valence-corrected chi connectivity index (χ0v) is 9.28. The molecule has 84 valence electrons. The largest absolute Gasteiger partial charge is 0.448 e. The highest BCUT2D eigenvalue weighted by Gasteiger charge is 2.24. The van der Waals surface area contributed by atoms with E-state index >= 15 is 0 Å². The van der Waals surface area contributed by atoms with Gasteiger partial charge in [0.15, 0.2) is 5.89 Å². The molecule has 2 heterocycles. The van der Waals surface area contributed by atoms with Crippen LogP contribution in [-0.4, -0.2) is 36.1 Å². The van der Waals surface area contributed by atoms with E-state index in [9.17, 15) is 0 Å². The summed E-state index contributed by atoms with van der Waals surface area (Å²) in [4.78, 5) is 6.80. The van der Waals surface area contributed by atoms with E-state index in [0.717, 1.165) is 37.8 Å². The number of aromatic nitrogens is 1. The monoisotopic (exact) mass is 209 g/mol. The van der Waals surface area contributed by atoms with E-state index < -0.39 is 0 Å². The number of aryl methyl sites for hydroxylation is 1. The van der Waals surface area contributed by atoms with Gasteiger partial charge in [-0.2, -0.15) is 0 Å². The van der Waals surface area contributed by atoms with Gasteiger partial charge in [-0.3, -0.25) is 0 Å². The fourth-order valence-corrected chi connectivity index (χ4v) is 2.20. The van der Waals surface area contributed by atoms with Crippen molar-refractivity contribution >= 4 is 0 Å². The maximum atomic E-state index is 5.57. The molecule has 0 amide bonds. The van der Waals surface area contributed by atoms with Crippen molar-refractivity contribution in [1.29, 1.82) is 0 Å². The summed E-state index contributed by atoms with van der Waals surface area (Å²) >= 11 is 0. The first kappa shape index (κ1) is 10.6. The zero-order valence-electron chi connectivity index (χ0n) is 9.28. The molecule has 0 radical (unpaired) electrons. The van der Waals surface area contributed by atoms with Crippen LogP contribution in [0.25, 0.3) is 0 Å². The Bertz CT molecular complexity index is 309. The lowest BCUT2D eigenvalue weighted by Crippen LogP contribution is -2.37. The Balaban J connectivity index is 1.98. The van der Waals surface area contributed by atoms with E-state index in [1.165, 1.54) is 12.8 Å². The highest BCUT2D eigenvalue weighted by molar-refractivity contribution is 5.00. The standard InChI is InChI=1S/C11H19N3O/c1-9-8-15-11(13-9)10-3-2-5-14(7-10)6-4-12/h8,10H,2-7,12H2,1H3. The molecule has 1 saturated heterocycles. The number of hydrogen-bond donors (Lipinski definition) is 1. The van der Waals surface area contributed by atoms with Crippen molar-refractivity contribution in [2.45, 2.75) is 25.7 Å². The molecule has 0 aliphatic carbocycles. The molecule has 0 saturated carbocycles. The van der Waals surface area contributed by atoms with Crippen LogP contribution in [0.3, 0.4) is 0 Å². The van der Waals surface area contributed by atoms with Gasteiger partial charge in [0, 0.05) is 25.6 Å². The summed E-state index contributed by atoms with van der Waals surface area (Å²) < 4.78 is 5.46. The second kappa shape index (κ2) is 4.77. The lowest BCUT2D eigenvalue weighted by atomic mass is 9.98. The second-order valence-corrected chi connectivity index (χ2v) is 4.26. The summed E-state index contributed by atoms with van der Waals surface area (Å²) in [6.45, 7) is 5.88. The maximum Gasteiger partial charge on any atom is 0.198 e. The molecule has 2 N–H and O–H groups in total. The van der Waals surface area contributed by atoms with Gasteiger partial charge in [0.2, 0.25) is 0 Å². The van der Waals surface area contributed by atoms with Crippen molar-refractivity contribution in [2.75, 3.05) is 26.2 Å². The van der Waals surface area contributed by atoms with Crippen LogP contribution in [0, 0.1) is 6.92 Å². The molecule has 0 aromatic carbocycles. The molecule has 1 aromatic rings. The van der Waals surface area contributed by atoms with E-state index in [-0.39, 0.29) is 0 Å². The van der Waals surface area contributed by atoms with E-state index in [1.54, 1.807) is 6.26 Å². The molecule has 4 heteroatoms. The molecule has 1 aliphatic heterocycles. The third kappa shape index (κ3) is 2.58. The number of oxazole rings is 1. The summed E-state index contributed by atoms with van der Waals surface area (Å²) in [6.07, 6.45) is 4.13. The van der Waals surface area contributed by atoms with Gasteiger partial charge < -0.3 is 15.1 Å². The van der Waals surface area contributed by atoms with Crippen molar-refractivity contribution in [3.05, 3.63) is 17.8 Å². The van der Waals surface area contributed by atoms with Crippen LogP contribution in [0.2, 0.25) is 0 Å². The van der Waals surface area contributed by atoms with E-state index in [0.29, 0.717) is 5.92 Å². The number of hydrogen-bond acceptors (Lipinski definition) is 4. The minimum atomic E-state index is 0.457. The summed E-state index contributed by atoms with van der Waals surface area (Å²) in [5.41, 5.74) is 6.54. The van der Waals surface area contributed by atoms with Gasteiger partial charge in [0.05, 0.1) is 5.69 Å². The van der Waals surface area contributed by atoms with Gasteiger partial charge in [-0.1, -0.05) is 0 Å². The lowest BCUT2D eigenvalue weighted by molar-refractivity contribution is 0.198. The summed E-state index contributed by atoms with van der Waals surface area (Å²) in [7, 11) is 0. The van der Waals surface area contributed by atoms with Crippen molar-refractivity contribution in [1.82, 2.24) is 9.88 Å². The van der Waals surface area contributed by atoms with Gasteiger partial charge >= 0.3 is 0 Å². The Labute approximate surface area is 90.5 Å². The van der Waals surface area contributed by atoms with Gasteiger partial charge in [-0.25, -0.2) is 4.98 Å². The molecular formula is C11H19N3O. The second-order valence-electron chi connectivity index (χ2n) is 4.26. The average Bonchev–Trinajstić information content (AvgIpc) is 2.66. The summed E-state index contributed by atoms with van der Waals surface area (Å²) in [6, 6.07) is 0. The van der Waals surface area contributed by atoms with E-state index in [2.05, 4.69) is 9.88 Å².